The van der Waals surface area contributed by atoms with E-state index in [0.29, 0.717) is 39.6 Å². The van der Waals surface area contributed by atoms with Crippen LogP contribution in [0.25, 0.3) is 27.0 Å². The molecule has 3 heterocycles. The van der Waals surface area contributed by atoms with Crippen LogP contribution in [0.1, 0.15) is 33.3 Å². The predicted molar refractivity (Wildman–Crippen MR) is 141 cm³/mol. The van der Waals surface area contributed by atoms with Crippen molar-refractivity contribution in [2.45, 2.75) is 13.1 Å². The molecule has 6 nitrogen and oxygen atoms in total. The van der Waals surface area contributed by atoms with Gasteiger partial charge in [-0.05, 0) is 66.9 Å². The zero-order valence-corrected chi connectivity index (χ0v) is 20.7. The maximum absolute atomic E-state index is 13.4. The van der Waals surface area contributed by atoms with Gasteiger partial charge in [0.1, 0.15) is 0 Å². The fourth-order valence-electron chi connectivity index (χ4n) is 4.73. The first-order valence-corrected chi connectivity index (χ1v) is 12.6. The third-order valence-corrected chi connectivity index (χ3v) is 7.39. The number of benzene rings is 3. The Morgan fingerprint density at radius 3 is 2.50 bits per heavy atom. The van der Waals surface area contributed by atoms with Gasteiger partial charge < -0.3 is 10.2 Å². The van der Waals surface area contributed by atoms with Crippen LogP contribution >= 0.6 is 11.3 Å². The highest BCUT2D eigenvalue weighted by molar-refractivity contribution is 7.13. The van der Waals surface area contributed by atoms with E-state index in [9.17, 15) is 22.8 Å². The average Bonchev–Trinajstić information content (AvgIpc) is 3.64. The summed E-state index contributed by atoms with van der Waals surface area (Å²) in [5, 5.41) is 10.0. The topological polar surface area (TPSA) is 67.2 Å². The molecule has 1 aliphatic heterocycles. The molecule has 1 aliphatic rings. The van der Waals surface area contributed by atoms with E-state index < -0.39 is 11.9 Å². The highest BCUT2D eigenvalue weighted by Gasteiger charge is 2.35. The summed E-state index contributed by atoms with van der Waals surface area (Å²) in [4.78, 5) is 28.2. The SMILES string of the molecule is CCN1C(=O)c2cccc3c(NC(=O)c4ccc(-n5nc(C(F)(F)F)cc5-c5cccs5)cc4)ccc1c23. The van der Waals surface area contributed by atoms with Gasteiger partial charge in [0.05, 0.1) is 21.9 Å². The molecule has 6 rings (SSSR count). The Balaban J connectivity index is 1.31. The fourth-order valence-corrected chi connectivity index (χ4v) is 5.46. The van der Waals surface area contributed by atoms with Crippen LogP contribution in [0, 0.1) is 0 Å². The van der Waals surface area contributed by atoms with E-state index in [0.717, 1.165) is 22.5 Å². The molecule has 0 spiro atoms. The van der Waals surface area contributed by atoms with Crippen LogP contribution in [0.4, 0.5) is 24.5 Å². The molecule has 2 amide bonds. The number of amides is 2. The summed E-state index contributed by atoms with van der Waals surface area (Å²) in [5.74, 6) is -0.453. The van der Waals surface area contributed by atoms with E-state index in [1.54, 1.807) is 64.9 Å². The third-order valence-electron chi connectivity index (χ3n) is 6.50. The van der Waals surface area contributed by atoms with E-state index in [1.165, 1.54) is 16.0 Å². The van der Waals surface area contributed by atoms with Gasteiger partial charge in [-0.3, -0.25) is 9.59 Å². The number of carbonyl (C=O) groups is 2. The van der Waals surface area contributed by atoms with Gasteiger partial charge in [0.2, 0.25) is 0 Å². The molecule has 190 valence electrons. The highest BCUT2D eigenvalue weighted by Crippen LogP contribution is 2.40. The molecule has 0 saturated heterocycles. The predicted octanol–water partition coefficient (Wildman–Crippen LogP) is 7.01. The summed E-state index contributed by atoms with van der Waals surface area (Å²) < 4.78 is 41.4. The second-order valence-corrected chi connectivity index (χ2v) is 9.66. The van der Waals surface area contributed by atoms with E-state index in [4.69, 9.17) is 0 Å². The molecule has 10 heteroatoms. The first kappa shape index (κ1) is 23.9. The Hall–Kier alpha value is -4.44. The van der Waals surface area contributed by atoms with Crippen LogP contribution < -0.4 is 10.2 Å². The fraction of sp³-hybridized carbons (Fsp3) is 0.107. The van der Waals surface area contributed by atoms with Crippen molar-refractivity contribution in [1.82, 2.24) is 9.78 Å². The number of aromatic nitrogens is 2. The summed E-state index contributed by atoms with van der Waals surface area (Å²) in [6, 6.07) is 19.7. The molecule has 38 heavy (non-hydrogen) atoms. The lowest BCUT2D eigenvalue weighted by Gasteiger charge is -2.15. The molecule has 2 aromatic heterocycles. The van der Waals surface area contributed by atoms with E-state index >= 15 is 0 Å². The first-order chi connectivity index (χ1) is 18.3. The first-order valence-electron chi connectivity index (χ1n) is 11.8. The van der Waals surface area contributed by atoms with Crippen LogP contribution in [0.2, 0.25) is 0 Å². The summed E-state index contributed by atoms with van der Waals surface area (Å²) in [7, 11) is 0. The highest BCUT2D eigenvalue weighted by atomic mass is 32.1. The Bertz CT molecular complexity index is 1710. The van der Waals surface area contributed by atoms with Gasteiger partial charge in [-0.25, -0.2) is 4.68 Å². The molecular weight excluding hydrogens is 513 g/mol. The Morgan fingerprint density at radius 1 is 1.03 bits per heavy atom. The second-order valence-electron chi connectivity index (χ2n) is 8.71. The molecular formula is C28H19F3N4O2S. The van der Waals surface area contributed by atoms with E-state index in [1.807, 2.05) is 19.1 Å². The number of nitrogens with one attached hydrogen (secondary N) is 1. The maximum Gasteiger partial charge on any atom is 0.435 e. The number of carbonyl (C=O) groups excluding carboxylic acids is 2. The van der Waals surface area contributed by atoms with Crippen molar-refractivity contribution < 1.29 is 22.8 Å². The molecule has 3 aromatic carbocycles. The largest absolute Gasteiger partial charge is 0.435 e. The lowest BCUT2D eigenvalue weighted by molar-refractivity contribution is -0.141. The van der Waals surface area contributed by atoms with Crippen molar-refractivity contribution in [2.24, 2.45) is 0 Å². The molecule has 0 unspecified atom stereocenters. The molecule has 0 saturated carbocycles. The van der Waals surface area contributed by atoms with Gasteiger partial charge in [0.25, 0.3) is 11.8 Å². The quantitative estimate of drug-likeness (QED) is 0.265. The number of rotatable bonds is 5. The molecule has 1 N–H and O–H groups in total. The van der Waals surface area contributed by atoms with Gasteiger partial charge in [-0.15, -0.1) is 11.3 Å². The molecule has 0 bridgehead atoms. The van der Waals surface area contributed by atoms with Gasteiger partial charge >= 0.3 is 6.18 Å². The third kappa shape index (κ3) is 3.84. The summed E-state index contributed by atoms with van der Waals surface area (Å²) >= 11 is 1.31. The number of nitrogens with zero attached hydrogens (tertiary/aromatic N) is 3. The Morgan fingerprint density at radius 2 is 1.82 bits per heavy atom. The molecule has 0 aliphatic carbocycles. The van der Waals surface area contributed by atoms with Crippen molar-refractivity contribution in [3.8, 4) is 16.3 Å². The van der Waals surface area contributed by atoms with Crippen LogP contribution in [-0.4, -0.2) is 28.1 Å². The lowest BCUT2D eigenvalue weighted by Crippen LogP contribution is -2.25. The van der Waals surface area contributed by atoms with E-state index in [-0.39, 0.29) is 11.8 Å². The van der Waals surface area contributed by atoms with Gasteiger partial charge in [0, 0.05) is 34.1 Å². The normalized spacial score (nSPS) is 12.9. The van der Waals surface area contributed by atoms with Crippen LogP contribution in [0.3, 0.4) is 0 Å². The smallest absolute Gasteiger partial charge is 0.321 e. The van der Waals surface area contributed by atoms with Crippen LogP contribution in [0.15, 0.2) is 78.2 Å². The van der Waals surface area contributed by atoms with Crippen LogP contribution in [0.5, 0.6) is 0 Å². The molecule has 0 fully saturated rings. The summed E-state index contributed by atoms with van der Waals surface area (Å²) in [6.07, 6.45) is -4.59. The van der Waals surface area contributed by atoms with Crippen LogP contribution in [-0.2, 0) is 6.18 Å². The van der Waals surface area contributed by atoms with Gasteiger partial charge in [0.15, 0.2) is 5.69 Å². The van der Waals surface area contributed by atoms with Crippen molar-refractivity contribution in [3.05, 3.63) is 95.0 Å². The molecule has 0 radical (unpaired) electrons. The number of anilines is 2. The monoisotopic (exact) mass is 532 g/mol. The number of alkyl halides is 3. The zero-order valence-electron chi connectivity index (χ0n) is 19.9. The summed E-state index contributed by atoms with van der Waals surface area (Å²) in [5.41, 5.74) is 2.01. The minimum Gasteiger partial charge on any atom is -0.321 e. The Labute approximate surface area is 218 Å². The van der Waals surface area contributed by atoms with Crippen molar-refractivity contribution in [1.29, 1.82) is 0 Å². The lowest BCUT2D eigenvalue weighted by atomic mass is 10.0. The zero-order chi connectivity index (χ0) is 26.6. The average molecular weight is 533 g/mol. The molecule has 5 aromatic rings. The van der Waals surface area contributed by atoms with Crippen molar-refractivity contribution in [2.75, 3.05) is 16.8 Å². The molecule has 0 atom stereocenters. The second kappa shape index (κ2) is 8.84. The number of hydrogen-bond acceptors (Lipinski definition) is 4. The summed E-state index contributed by atoms with van der Waals surface area (Å²) in [6.45, 7) is 2.45. The van der Waals surface area contributed by atoms with Crippen molar-refractivity contribution in [3.63, 3.8) is 0 Å². The van der Waals surface area contributed by atoms with Crippen molar-refractivity contribution >= 4 is 45.3 Å². The maximum atomic E-state index is 13.4. The van der Waals surface area contributed by atoms with Gasteiger partial charge in [-0.1, -0.05) is 18.2 Å². The minimum atomic E-state index is -4.59. The Kier molecular flexibility index (Phi) is 5.57. The number of hydrogen-bond donors (Lipinski definition) is 1. The van der Waals surface area contributed by atoms with Gasteiger partial charge in [-0.2, -0.15) is 18.3 Å². The number of thiophene rings is 1. The standard InChI is InChI=1S/C28H19F3N4O2S/c1-2-34-21-13-12-20(18-5-3-6-19(25(18)21)27(34)37)32-26(36)16-8-10-17(11-9-16)35-22(23-7-4-14-38-23)15-24(33-35)28(29,30)31/h3-15H,2H2,1H3,(H,32,36). The van der Waals surface area contributed by atoms with E-state index in [2.05, 4.69) is 10.4 Å². The minimum absolute atomic E-state index is 0.0682. The number of halogens is 3.